The Morgan fingerprint density at radius 1 is 1.42 bits per heavy atom. The van der Waals surface area contributed by atoms with E-state index in [-0.39, 0.29) is 11.7 Å². The van der Waals surface area contributed by atoms with E-state index < -0.39 is 12.1 Å². The van der Waals surface area contributed by atoms with Gasteiger partial charge in [0.25, 0.3) is 0 Å². The standard InChI is InChI=1S/C19H25NO4/c1-4-16(19(22)23)24-17-8-6-5-7-13(17)11-14-9-10-15(18(14)21)12-20(2)3/h5-8,11,15-16H,4,9-10,12H2,1-3H3,(H,22,23). The Labute approximate surface area is 142 Å². The van der Waals surface area contributed by atoms with Gasteiger partial charge in [-0.2, -0.15) is 0 Å². The molecule has 1 saturated carbocycles. The molecule has 1 N–H and O–H groups in total. The fourth-order valence-electron chi connectivity index (χ4n) is 2.96. The third kappa shape index (κ3) is 4.45. The van der Waals surface area contributed by atoms with Gasteiger partial charge in [-0.3, -0.25) is 4.79 Å². The number of Topliss-reactive ketones (excluding diaryl/α,β-unsaturated/α-hetero) is 1. The molecule has 1 aromatic rings. The minimum Gasteiger partial charge on any atom is -0.479 e. The second-order valence-electron chi connectivity index (χ2n) is 6.42. The maximum absolute atomic E-state index is 12.5. The maximum atomic E-state index is 12.5. The number of allylic oxidation sites excluding steroid dienone is 1. The van der Waals surface area contributed by atoms with Gasteiger partial charge in [0.1, 0.15) is 5.75 Å². The van der Waals surface area contributed by atoms with E-state index in [2.05, 4.69) is 0 Å². The molecule has 5 nitrogen and oxygen atoms in total. The molecule has 0 radical (unpaired) electrons. The Balaban J connectivity index is 2.21. The monoisotopic (exact) mass is 331 g/mol. The van der Waals surface area contributed by atoms with Crippen LogP contribution in [0.15, 0.2) is 29.8 Å². The van der Waals surface area contributed by atoms with Gasteiger partial charge in [-0.1, -0.05) is 25.1 Å². The van der Waals surface area contributed by atoms with Crippen LogP contribution in [-0.2, 0) is 9.59 Å². The first kappa shape index (κ1) is 18.2. The quantitative estimate of drug-likeness (QED) is 0.778. The SMILES string of the molecule is CCC(Oc1ccccc1C=C1CCC(CN(C)C)C1=O)C(=O)O. The maximum Gasteiger partial charge on any atom is 0.344 e. The van der Waals surface area contributed by atoms with Gasteiger partial charge in [0.2, 0.25) is 0 Å². The number of hydrogen-bond donors (Lipinski definition) is 1. The molecule has 2 atom stereocenters. The van der Waals surface area contributed by atoms with Gasteiger partial charge < -0.3 is 14.7 Å². The average Bonchev–Trinajstić information content (AvgIpc) is 2.86. The van der Waals surface area contributed by atoms with E-state index in [1.165, 1.54) is 0 Å². The van der Waals surface area contributed by atoms with Gasteiger partial charge >= 0.3 is 5.97 Å². The van der Waals surface area contributed by atoms with Crippen molar-refractivity contribution in [2.24, 2.45) is 5.92 Å². The second kappa shape index (κ2) is 8.11. The van der Waals surface area contributed by atoms with Gasteiger partial charge in [-0.05, 0) is 51.1 Å². The van der Waals surface area contributed by atoms with Crippen molar-refractivity contribution in [2.45, 2.75) is 32.3 Å². The summed E-state index contributed by atoms with van der Waals surface area (Å²) in [5.74, 6) is -0.253. The van der Waals surface area contributed by atoms with Crippen molar-refractivity contribution < 1.29 is 19.4 Å². The molecule has 5 heteroatoms. The van der Waals surface area contributed by atoms with Crippen LogP contribution < -0.4 is 4.74 Å². The molecule has 1 fully saturated rings. The lowest BCUT2D eigenvalue weighted by molar-refractivity contribution is -0.145. The number of carboxylic acids is 1. The van der Waals surface area contributed by atoms with E-state index in [0.717, 1.165) is 30.5 Å². The predicted octanol–water partition coefficient (Wildman–Crippen LogP) is 2.85. The topological polar surface area (TPSA) is 66.8 Å². The molecule has 0 spiro atoms. The number of aliphatic carboxylic acids is 1. The first-order chi connectivity index (χ1) is 11.4. The summed E-state index contributed by atoms with van der Waals surface area (Å²) in [5.41, 5.74) is 1.55. The van der Waals surface area contributed by atoms with Crippen molar-refractivity contribution in [3.8, 4) is 5.75 Å². The molecular formula is C19H25NO4. The van der Waals surface area contributed by atoms with E-state index in [9.17, 15) is 14.7 Å². The van der Waals surface area contributed by atoms with Crippen LogP contribution in [0.4, 0.5) is 0 Å². The van der Waals surface area contributed by atoms with E-state index in [1.807, 2.05) is 37.2 Å². The first-order valence-corrected chi connectivity index (χ1v) is 8.30. The lowest BCUT2D eigenvalue weighted by Crippen LogP contribution is -2.26. The number of carboxylic acid groups (broad SMARTS) is 1. The highest BCUT2D eigenvalue weighted by Crippen LogP contribution is 2.31. The Morgan fingerprint density at radius 2 is 2.12 bits per heavy atom. The largest absolute Gasteiger partial charge is 0.479 e. The molecule has 2 rings (SSSR count). The van der Waals surface area contributed by atoms with Crippen molar-refractivity contribution in [2.75, 3.05) is 20.6 Å². The number of ketones is 1. The predicted molar refractivity (Wildman–Crippen MR) is 93.0 cm³/mol. The third-order valence-corrected chi connectivity index (χ3v) is 4.20. The highest BCUT2D eigenvalue weighted by molar-refractivity contribution is 6.03. The highest BCUT2D eigenvalue weighted by atomic mass is 16.5. The Morgan fingerprint density at radius 3 is 2.75 bits per heavy atom. The third-order valence-electron chi connectivity index (χ3n) is 4.20. The fraction of sp³-hybridized carbons (Fsp3) is 0.474. The van der Waals surface area contributed by atoms with Gasteiger partial charge in [0.15, 0.2) is 11.9 Å². The lowest BCUT2D eigenvalue weighted by Gasteiger charge is -2.15. The normalized spacial score (nSPS) is 20.6. The molecule has 0 aliphatic heterocycles. The van der Waals surface area contributed by atoms with Crippen LogP contribution in [0.25, 0.3) is 6.08 Å². The highest BCUT2D eigenvalue weighted by Gasteiger charge is 2.29. The molecule has 130 valence electrons. The number of rotatable bonds is 7. The van der Waals surface area contributed by atoms with Crippen molar-refractivity contribution in [3.63, 3.8) is 0 Å². The molecule has 0 bridgehead atoms. The van der Waals surface area contributed by atoms with Crippen LogP contribution in [0.5, 0.6) is 5.75 Å². The number of carbonyl (C=O) groups is 2. The molecule has 24 heavy (non-hydrogen) atoms. The zero-order valence-corrected chi connectivity index (χ0v) is 14.5. The summed E-state index contributed by atoms with van der Waals surface area (Å²) in [6.45, 7) is 2.53. The number of hydrogen-bond acceptors (Lipinski definition) is 4. The minimum absolute atomic E-state index is 0.0433. The van der Waals surface area contributed by atoms with Gasteiger partial charge in [0, 0.05) is 18.0 Å². The summed E-state index contributed by atoms with van der Waals surface area (Å²) in [4.78, 5) is 25.7. The fourth-order valence-corrected chi connectivity index (χ4v) is 2.96. The molecule has 0 heterocycles. The minimum atomic E-state index is -0.983. The summed E-state index contributed by atoms with van der Waals surface area (Å²) in [5, 5.41) is 9.17. The molecule has 2 unspecified atom stereocenters. The molecule has 0 amide bonds. The molecule has 0 aromatic heterocycles. The zero-order chi connectivity index (χ0) is 17.7. The van der Waals surface area contributed by atoms with E-state index >= 15 is 0 Å². The number of benzene rings is 1. The molecule has 0 saturated heterocycles. The first-order valence-electron chi connectivity index (χ1n) is 8.30. The smallest absolute Gasteiger partial charge is 0.344 e. The van der Waals surface area contributed by atoms with Crippen LogP contribution >= 0.6 is 0 Å². The van der Waals surface area contributed by atoms with Crippen molar-refractivity contribution in [1.29, 1.82) is 0 Å². The Bertz CT molecular complexity index is 636. The van der Waals surface area contributed by atoms with Crippen LogP contribution in [-0.4, -0.2) is 48.5 Å². The summed E-state index contributed by atoms with van der Waals surface area (Å²) < 4.78 is 5.63. The van der Waals surface area contributed by atoms with E-state index in [1.54, 1.807) is 19.1 Å². The summed E-state index contributed by atoms with van der Waals surface area (Å²) >= 11 is 0. The second-order valence-corrected chi connectivity index (χ2v) is 6.42. The van der Waals surface area contributed by atoms with E-state index in [4.69, 9.17) is 4.74 Å². The van der Waals surface area contributed by atoms with Crippen LogP contribution in [0, 0.1) is 5.92 Å². The van der Waals surface area contributed by atoms with Crippen LogP contribution in [0.3, 0.4) is 0 Å². The van der Waals surface area contributed by atoms with Gasteiger partial charge in [-0.25, -0.2) is 4.79 Å². The average molecular weight is 331 g/mol. The zero-order valence-electron chi connectivity index (χ0n) is 14.5. The number of nitrogens with zero attached hydrogens (tertiary/aromatic N) is 1. The van der Waals surface area contributed by atoms with Crippen molar-refractivity contribution >= 4 is 17.8 Å². The van der Waals surface area contributed by atoms with Crippen molar-refractivity contribution in [3.05, 3.63) is 35.4 Å². The van der Waals surface area contributed by atoms with Gasteiger partial charge in [-0.15, -0.1) is 0 Å². The Hall–Kier alpha value is -2.14. The molecule has 1 aromatic carbocycles. The van der Waals surface area contributed by atoms with E-state index in [0.29, 0.717) is 12.2 Å². The number of carbonyl (C=O) groups excluding carboxylic acids is 1. The number of para-hydroxylation sites is 1. The Kier molecular flexibility index (Phi) is 6.15. The van der Waals surface area contributed by atoms with Crippen molar-refractivity contribution in [1.82, 2.24) is 4.90 Å². The summed E-state index contributed by atoms with van der Waals surface area (Å²) in [7, 11) is 3.93. The molecular weight excluding hydrogens is 306 g/mol. The lowest BCUT2D eigenvalue weighted by atomic mass is 10.0. The van der Waals surface area contributed by atoms with Crippen LogP contribution in [0.1, 0.15) is 31.7 Å². The van der Waals surface area contributed by atoms with Gasteiger partial charge in [0.05, 0.1) is 0 Å². The molecule has 1 aliphatic carbocycles. The summed E-state index contributed by atoms with van der Waals surface area (Å²) in [6.07, 6.45) is 2.96. The number of ether oxygens (including phenoxy) is 1. The summed E-state index contributed by atoms with van der Waals surface area (Å²) in [6, 6.07) is 7.26. The molecule has 1 aliphatic rings. The van der Waals surface area contributed by atoms with Crippen LogP contribution in [0.2, 0.25) is 0 Å².